The lowest BCUT2D eigenvalue weighted by molar-refractivity contribution is 0.0696. The molecule has 19 heavy (non-hydrogen) atoms. The molecule has 2 rings (SSSR count). The van der Waals surface area contributed by atoms with E-state index in [1.165, 1.54) is 0 Å². The van der Waals surface area contributed by atoms with Crippen LogP contribution in [0, 0.1) is 0 Å². The average Bonchev–Trinajstić information content (AvgIpc) is 2.40. The number of nitrogens with zero attached hydrogens (tertiary/aromatic N) is 1. The summed E-state index contributed by atoms with van der Waals surface area (Å²) in [6.07, 6.45) is 3.86. The summed E-state index contributed by atoms with van der Waals surface area (Å²) >= 11 is 0. The van der Waals surface area contributed by atoms with Crippen molar-refractivity contribution in [2.75, 3.05) is 18.4 Å². The SMILES string of the molecule is CCCc1cc(C(=O)O)cc(NC2CCNCC2)n1. The van der Waals surface area contributed by atoms with Gasteiger partial charge in [-0.15, -0.1) is 0 Å². The fourth-order valence-electron chi connectivity index (χ4n) is 2.34. The minimum Gasteiger partial charge on any atom is -0.478 e. The van der Waals surface area contributed by atoms with Crippen LogP contribution in [0.1, 0.15) is 42.2 Å². The number of carbonyl (C=O) groups is 1. The van der Waals surface area contributed by atoms with E-state index in [9.17, 15) is 4.79 Å². The minimum absolute atomic E-state index is 0.315. The number of nitrogens with one attached hydrogen (secondary N) is 2. The summed E-state index contributed by atoms with van der Waals surface area (Å²) in [6, 6.07) is 3.68. The Morgan fingerprint density at radius 1 is 1.47 bits per heavy atom. The Hall–Kier alpha value is -1.62. The fraction of sp³-hybridized carbons (Fsp3) is 0.571. The van der Waals surface area contributed by atoms with Crippen molar-refractivity contribution in [1.82, 2.24) is 10.3 Å². The van der Waals surface area contributed by atoms with Crippen LogP contribution in [0.3, 0.4) is 0 Å². The molecule has 1 aromatic rings. The van der Waals surface area contributed by atoms with E-state index in [4.69, 9.17) is 5.11 Å². The molecule has 0 spiro atoms. The number of aromatic carboxylic acids is 1. The van der Waals surface area contributed by atoms with Gasteiger partial charge < -0.3 is 15.7 Å². The van der Waals surface area contributed by atoms with Gasteiger partial charge in [0.2, 0.25) is 0 Å². The summed E-state index contributed by atoms with van der Waals surface area (Å²) in [4.78, 5) is 15.6. The van der Waals surface area contributed by atoms with Gasteiger partial charge in [0.25, 0.3) is 0 Å². The number of anilines is 1. The molecule has 0 aromatic carbocycles. The molecule has 0 radical (unpaired) electrons. The van der Waals surface area contributed by atoms with Gasteiger partial charge in [-0.25, -0.2) is 9.78 Å². The van der Waals surface area contributed by atoms with E-state index < -0.39 is 5.97 Å². The topological polar surface area (TPSA) is 74.2 Å². The first-order valence-corrected chi connectivity index (χ1v) is 6.90. The van der Waals surface area contributed by atoms with Crippen LogP contribution in [0.15, 0.2) is 12.1 Å². The molecule has 1 aliphatic rings. The summed E-state index contributed by atoms with van der Waals surface area (Å²) < 4.78 is 0. The van der Waals surface area contributed by atoms with Gasteiger partial charge in [0.1, 0.15) is 5.82 Å². The number of hydrogen-bond acceptors (Lipinski definition) is 4. The van der Waals surface area contributed by atoms with Crippen LogP contribution in [0.5, 0.6) is 0 Å². The molecule has 104 valence electrons. The maximum absolute atomic E-state index is 11.1. The zero-order valence-corrected chi connectivity index (χ0v) is 11.3. The average molecular weight is 263 g/mol. The number of rotatable bonds is 5. The Balaban J connectivity index is 2.15. The summed E-state index contributed by atoms with van der Waals surface area (Å²) in [5.74, 6) is -0.205. The summed E-state index contributed by atoms with van der Waals surface area (Å²) in [6.45, 7) is 4.06. The number of carboxylic acid groups (broad SMARTS) is 1. The van der Waals surface area contributed by atoms with Crippen molar-refractivity contribution in [2.45, 2.75) is 38.6 Å². The highest BCUT2D eigenvalue weighted by atomic mass is 16.4. The van der Waals surface area contributed by atoms with Crippen LogP contribution in [0.4, 0.5) is 5.82 Å². The molecule has 0 atom stereocenters. The fourth-order valence-corrected chi connectivity index (χ4v) is 2.34. The molecule has 1 aromatic heterocycles. The molecule has 5 nitrogen and oxygen atoms in total. The monoisotopic (exact) mass is 263 g/mol. The predicted octanol–water partition coefficient (Wildman–Crippen LogP) is 1.90. The third kappa shape index (κ3) is 3.92. The van der Waals surface area contributed by atoms with Crippen LogP contribution >= 0.6 is 0 Å². The van der Waals surface area contributed by atoms with Gasteiger partial charge in [0, 0.05) is 11.7 Å². The Morgan fingerprint density at radius 2 is 2.21 bits per heavy atom. The van der Waals surface area contributed by atoms with Crippen molar-refractivity contribution in [3.8, 4) is 0 Å². The van der Waals surface area contributed by atoms with Crippen LogP contribution in [0.2, 0.25) is 0 Å². The highest BCUT2D eigenvalue weighted by molar-refractivity contribution is 5.88. The summed E-state index contributed by atoms with van der Waals surface area (Å²) in [5, 5.41) is 15.8. The molecule has 0 amide bonds. The van der Waals surface area contributed by atoms with E-state index in [1.807, 2.05) is 0 Å². The molecule has 2 heterocycles. The minimum atomic E-state index is -0.895. The summed E-state index contributed by atoms with van der Waals surface area (Å²) in [7, 11) is 0. The second kappa shape index (κ2) is 6.52. The number of pyridine rings is 1. The van der Waals surface area contributed by atoms with Gasteiger partial charge in [-0.05, 0) is 44.5 Å². The second-order valence-electron chi connectivity index (χ2n) is 4.96. The normalized spacial score (nSPS) is 16.3. The smallest absolute Gasteiger partial charge is 0.335 e. The van der Waals surface area contributed by atoms with Gasteiger partial charge >= 0.3 is 5.97 Å². The zero-order valence-electron chi connectivity index (χ0n) is 11.3. The number of aryl methyl sites for hydroxylation is 1. The lowest BCUT2D eigenvalue weighted by Gasteiger charge is -2.24. The molecule has 0 aliphatic carbocycles. The van der Waals surface area contributed by atoms with Gasteiger partial charge in [-0.3, -0.25) is 0 Å². The first kappa shape index (κ1) is 13.8. The van der Waals surface area contributed by atoms with Gasteiger partial charge in [0.15, 0.2) is 0 Å². The lowest BCUT2D eigenvalue weighted by Crippen LogP contribution is -2.35. The van der Waals surface area contributed by atoms with Gasteiger partial charge in [-0.1, -0.05) is 13.3 Å². The quantitative estimate of drug-likeness (QED) is 0.756. The molecule has 0 unspecified atom stereocenters. The second-order valence-corrected chi connectivity index (χ2v) is 4.96. The van der Waals surface area contributed by atoms with Crippen LogP contribution in [0.25, 0.3) is 0 Å². The maximum Gasteiger partial charge on any atom is 0.335 e. The number of aromatic nitrogens is 1. The van der Waals surface area contributed by atoms with Crippen LogP contribution in [-0.2, 0) is 6.42 Å². The molecular formula is C14H21N3O2. The Morgan fingerprint density at radius 3 is 2.84 bits per heavy atom. The third-order valence-electron chi connectivity index (χ3n) is 3.32. The van der Waals surface area contributed by atoms with Crippen molar-refractivity contribution in [2.24, 2.45) is 0 Å². The molecule has 3 N–H and O–H groups in total. The first-order chi connectivity index (χ1) is 9.19. The van der Waals surface area contributed by atoms with Crippen LogP contribution < -0.4 is 10.6 Å². The van der Waals surface area contributed by atoms with Crippen molar-refractivity contribution in [3.05, 3.63) is 23.4 Å². The van der Waals surface area contributed by atoms with Gasteiger partial charge in [0.05, 0.1) is 5.56 Å². The molecule has 0 saturated carbocycles. The number of carboxylic acids is 1. The molecule has 1 aliphatic heterocycles. The van der Waals surface area contributed by atoms with Crippen molar-refractivity contribution in [3.63, 3.8) is 0 Å². The molecule has 1 fully saturated rings. The van der Waals surface area contributed by atoms with Crippen molar-refractivity contribution >= 4 is 11.8 Å². The van der Waals surface area contributed by atoms with Crippen LogP contribution in [-0.4, -0.2) is 35.2 Å². The lowest BCUT2D eigenvalue weighted by atomic mass is 10.1. The first-order valence-electron chi connectivity index (χ1n) is 6.90. The Labute approximate surface area is 113 Å². The molecule has 0 bridgehead atoms. The van der Waals surface area contributed by atoms with E-state index in [1.54, 1.807) is 12.1 Å². The van der Waals surface area contributed by atoms with E-state index in [0.29, 0.717) is 17.4 Å². The van der Waals surface area contributed by atoms with E-state index in [2.05, 4.69) is 22.5 Å². The predicted molar refractivity (Wildman–Crippen MR) is 74.7 cm³/mol. The largest absolute Gasteiger partial charge is 0.478 e. The van der Waals surface area contributed by atoms with E-state index in [0.717, 1.165) is 44.5 Å². The molecular weight excluding hydrogens is 242 g/mol. The molecule has 5 heteroatoms. The summed E-state index contributed by atoms with van der Waals surface area (Å²) in [5.41, 5.74) is 1.16. The van der Waals surface area contributed by atoms with E-state index in [-0.39, 0.29) is 0 Å². The Kier molecular flexibility index (Phi) is 4.74. The van der Waals surface area contributed by atoms with Gasteiger partial charge in [-0.2, -0.15) is 0 Å². The number of hydrogen-bond donors (Lipinski definition) is 3. The van der Waals surface area contributed by atoms with Crippen molar-refractivity contribution < 1.29 is 9.90 Å². The molecule has 1 saturated heterocycles. The highest BCUT2D eigenvalue weighted by Crippen LogP contribution is 2.16. The third-order valence-corrected chi connectivity index (χ3v) is 3.32. The number of piperidine rings is 1. The standard InChI is InChI=1S/C14H21N3O2/c1-2-3-12-8-10(14(18)19)9-13(17-12)16-11-4-6-15-7-5-11/h8-9,11,15H,2-7H2,1H3,(H,16,17)(H,18,19). The maximum atomic E-state index is 11.1. The highest BCUT2D eigenvalue weighted by Gasteiger charge is 2.15. The van der Waals surface area contributed by atoms with E-state index >= 15 is 0 Å². The zero-order chi connectivity index (χ0) is 13.7. The van der Waals surface area contributed by atoms with Crippen molar-refractivity contribution in [1.29, 1.82) is 0 Å². The Bertz CT molecular complexity index is 442.